The normalized spacial score (nSPS) is 10.2. The second-order valence-corrected chi connectivity index (χ2v) is 3.48. The fourth-order valence-corrected chi connectivity index (χ4v) is 1.38. The molecule has 0 unspecified atom stereocenters. The van der Waals surface area contributed by atoms with Gasteiger partial charge in [0, 0.05) is 37.4 Å². The molecular formula is C11H13N5O. The van der Waals surface area contributed by atoms with Gasteiger partial charge in [0.15, 0.2) is 0 Å². The van der Waals surface area contributed by atoms with E-state index in [0.29, 0.717) is 24.5 Å². The molecule has 2 rings (SSSR count). The van der Waals surface area contributed by atoms with Gasteiger partial charge in [-0.2, -0.15) is 0 Å². The molecule has 0 fully saturated rings. The molecule has 0 spiro atoms. The van der Waals surface area contributed by atoms with Crippen molar-refractivity contribution in [2.24, 2.45) is 5.73 Å². The van der Waals surface area contributed by atoms with E-state index in [2.05, 4.69) is 15.3 Å². The van der Waals surface area contributed by atoms with Crippen LogP contribution >= 0.6 is 0 Å². The second-order valence-electron chi connectivity index (χ2n) is 3.48. The molecule has 2 aromatic rings. The van der Waals surface area contributed by atoms with Crippen molar-refractivity contribution in [3.8, 4) is 0 Å². The number of carbonyl (C=O) groups is 1. The van der Waals surface area contributed by atoms with E-state index in [9.17, 15) is 4.79 Å². The van der Waals surface area contributed by atoms with Gasteiger partial charge in [0.25, 0.3) is 5.91 Å². The summed E-state index contributed by atoms with van der Waals surface area (Å²) in [5.41, 5.74) is 6.48. The maximum absolute atomic E-state index is 11.8. The summed E-state index contributed by atoms with van der Waals surface area (Å²) in [5.74, 6) is -0.244. The van der Waals surface area contributed by atoms with Gasteiger partial charge in [0.2, 0.25) is 0 Å². The molecule has 0 bridgehead atoms. The molecule has 0 radical (unpaired) electrons. The summed E-state index contributed by atoms with van der Waals surface area (Å²) in [5, 5.41) is 2.73. The van der Waals surface area contributed by atoms with Gasteiger partial charge < -0.3 is 15.6 Å². The van der Waals surface area contributed by atoms with E-state index in [0.717, 1.165) is 0 Å². The van der Waals surface area contributed by atoms with Gasteiger partial charge >= 0.3 is 0 Å². The van der Waals surface area contributed by atoms with Crippen molar-refractivity contribution in [3.63, 3.8) is 0 Å². The first-order chi connectivity index (χ1) is 8.29. The molecule has 0 saturated carbocycles. The van der Waals surface area contributed by atoms with Crippen LogP contribution < -0.4 is 11.1 Å². The average molecular weight is 231 g/mol. The van der Waals surface area contributed by atoms with E-state index in [4.69, 9.17) is 5.73 Å². The molecule has 0 aliphatic rings. The highest BCUT2D eigenvalue weighted by molar-refractivity contribution is 6.02. The Morgan fingerprint density at radius 1 is 1.41 bits per heavy atom. The number of pyridine rings is 1. The molecule has 88 valence electrons. The summed E-state index contributed by atoms with van der Waals surface area (Å²) in [4.78, 5) is 19.7. The summed E-state index contributed by atoms with van der Waals surface area (Å²) in [6.45, 7) is 1.16. The predicted molar refractivity (Wildman–Crippen MR) is 63.5 cm³/mol. The van der Waals surface area contributed by atoms with Gasteiger partial charge in [-0.05, 0) is 12.1 Å². The molecule has 6 heteroatoms. The lowest BCUT2D eigenvalue weighted by Gasteiger charge is -2.01. The highest BCUT2D eigenvalue weighted by atomic mass is 16.1. The number of amides is 1. The Bertz CT molecular complexity index is 494. The minimum Gasteiger partial charge on any atom is -0.335 e. The lowest BCUT2D eigenvalue weighted by atomic mass is 10.3. The summed E-state index contributed by atoms with van der Waals surface area (Å²) < 4.78 is 1.78. The molecule has 0 aliphatic heterocycles. The molecule has 0 aromatic carbocycles. The van der Waals surface area contributed by atoms with E-state index in [-0.39, 0.29) is 5.91 Å². The zero-order valence-corrected chi connectivity index (χ0v) is 9.21. The van der Waals surface area contributed by atoms with Gasteiger partial charge in [0.1, 0.15) is 5.69 Å². The number of imidazole rings is 1. The molecule has 2 heterocycles. The van der Waals surface area contributed by atoms with Crippen LogP contribution in [0.4, 0.5) is 5.69 Å². The Morgan fingerprint density at radius 3 is 2.88 bits per heavy atom. The minimum absolute atomic E-state index is 0.244. The summed E-state index contributed by atoms with van der Waals surface area (Å²) in [7, 11) is 0. The molecular weight excluding hydrogens is 218 g/mol. The van der Waals surface area contributed by atoms with E-state index in [1.165, 1.54) is 0 Å². The molecule has 17 heavy (non-hydrogen) atoms. The van der Waals surface area contributed by atoms with Crippen LogP contribution in [-0.2, 0) is 6.54 Å². The first kappa shape index (κ1) is 11.3. The SMILES string of the molecule is NCCn1cnc(C(=O)Nc2ccncc2)c1. The Morgan fingerprint density at radius 2 is 2.18 bits per heavy atom. The molecule has 1 amide bonds. The zero-order valence-electron chi connectivity index (χ0n) is 9.21. The largest absolute Gasteiger partial charge is 0.335 e. The summed E-state index contributed by atoms with van der Waals surface area (Å²) in [6.07, 6.45) is 6.49. The van der Waals surface area contributed by atoms with E-state index in [1.54, 1.807) is 41.6 Å². The van der Waals surface area contributed by atoms with Crippen LogP contribution in [0.15, 0.2) is 37.1 Å². The van der Waals surface area contributed by atoms with Crippen molar-refractivity contribution in [2.45, 2.75) is 6.54 Å². The third-order valence-corrected chi connectivity index (χ3v) is 2.19. The number of rotatable bonds is 4. The average Bonchev–Trinajstić information content (AvgIpc) is 2.79. The zero-order chi connectivity index (χ0) is 12.1. The number of carbonyl (C=O) groups excluding carboxylic acids is 1. The number of aromatic nitrogens is 3. The summed E-state index contributed by atoms with van der Waals surface area (Å²) >= 11 is 0. The van der Waals surface area contributed by atoms with Crippen LogP contribution in [-0.4, -0.2) is 27.0 Å². The van der Waals surface area contributed by atoms with Crippen LogP contribution in [0.2, 0.25) is 0 Å². The van der Waals surface area contributed by atoms with E-state index in [1.807, 2.05) is 0 Å². The van der Waals surface area contributed by atoms with Crippen LogP contribution in [0, 0.1) is 0 Å². The third-order valence-electron chi connectivity index (χ3n) is 2.19. The third kappa shape index (κ3) is 2.88. The number of anilines is 1. The predicted octanol–water partition coefficient (Wildman–Crippen LogP) is 0.489. The number of nitrogens with two attached hydrogens (primary N) is 1. The van der Waals surface area contributed by atoms with Crippen LogP contribution in [0.25, 0.3) is 0 Å². The van der Waals surface area contributed by atoms with Gasteiger partial charge in [-0.3, -0.25) is 9.78 Å². The maximum Gasteiger partial charge on any atom is 0.275 e. The van der Waals surface area contributed by atoms with Gasteiger partial charge in [-0.25, -0.2) is 4.98 Å². The quantitative estimate of drug-likeness (QED) is 0.801. The fourth-order valence-electron chi connectivity index (χ4n) is 1.38. The smallest absolute Gasteiger partial charge is 0.275 e. The van der Waals surface area contributed by atoms with Crippen molar-refractivity contribution in [1.82, 2.24) is 14.5 Å². The summed E-state index contributed by atoms with van der Waals surface area (Å²) in [6, 6.07) is 3.43. The van der Waals surface area contributed by atoms with Gasteiger partial charge in [0.05, 0.1) is 6.33 Å². The molecule has 0 atom stereocenters. The standard InChI is InChI=1S/C11H13N5O/c12-3-6-16-7-10(14-8-16)11(17)15-9-1-4-13-5-2-9/h1-2,4-5,7-8H,3,6,12H2,(H,13,15,17). The van der Waals surface area contributed by atoms with Crippen LogP contribution in [0.3, 0.4) is 0 Å². The van der Waals surface area contributed by atoms with Crippen molar-refractivity contribution < 1.29 is 4.79 Å². The second kappa shape index (κ2) is 5.22. The topological polar surface area (TPSA) is 85.8 Å². The number of hydrogen-bond acceptors (Lipinski definition) is 4. The number of nitrogens with zero attached hydrogens (tertiary/aromatic N) is 3. The number of nitrogens with one attached hydrogen (secondary N) is 1. The maximum atomic E-state index is 11.8. The van der Waals surface area contributed by atoms with Crippen molar-refractivity contribution in [1.29, 1.82) is 0 Å². The van der Waals surface area contributed by atoms with Crippen molar-refractivity contribution in [2.75, 3.05) is 11.9 Å². The highest BCUT2D eigenvalue weighted by Crippen LogP contribution is 2.06. The lowest BCUT2D eigenvalue weighted by molar-refractivity contribution is 0.102. The minimum atomic E-state index is -0.244. The first-order valence-electron chi connectivity index (χ1n) is 5.23. The van der Waals surface area contributed by atoms with Gasteiger partial charge in [-0.1, -0.05) is 0 Å². The molecule has 6 nitrogen and oxygen atoms in total. The Balaban J connectivity index is 2.04. The van der Waals surface area contributed by atoms with Gasteiger partial charge in [-0.15, -0.1) is 0 Å². The Kier molecular flexibility index (Phi) is 3.46. The van der Waals surface area contributed by atoms with E-state index >= 15 is 0 Å². The molecule has 3 N–H and O–H groups in total. The van der Waals surface area contributed by atoms with Crippen LogP contribution in [0.1, 0.15) is 10.5 Å². The first-order valence-corrected chi connectivity index (χ1v) is 5.23. The Labute approximate surface area is 98.5 Å². The highest BCUT2D eigenvalue weighted by Gasteiger charge is 2.09. The van der Waals surface area contributed by atoms with Crippen LogP contribution in [0.5, 0.6) is 0 Å². The number of hydrogen-bond donors (Lipinski definition) is 2. The molecule has 0 aliphatic carbocycles. The Hall–Kier alpha value is -2.21. The molecule has 0 saturated heterocycles. The van der Waals surface area contributed by atoms with E-state index < -0.39 is 0 Å². The monoisotopic (exact) mass is 231 g/mol. The van der Waals surface area contributed by atoms with Crippen molar-refractivity contribution in [3.05, 3.63) is 42.7 Å². The molecule has 2 aromatic heterocycles. The lowest BCUT2D eigenvalue weighted by Crippen LogP contribution is -2.12. The van der Waals surface area contributed by atoms with Crippen molar-refractivity contribution >= 4 is 11.6 Å². The fraction of sp³-hybridized carbons (Fsp3) is 0.182.